The third-order valence-corrected chi connectivity index (χ3v) is 5.20. The summed E-state index contributed by atoms with van der Waals surface area (Å²) in [6.45, 7) is 0.706. The molecule has 1 aliphatic heterocycles. The molecule has 3 N–H and O–H groups in total. The van der Waals surface area contributed by atoms with Gasteiger partial charge in [-0.1, -0.05) is 12.1 Å². The van der Waals surface area contributed by atoms with Crippen LogP contribution in [0.3, 0.4) is 0 Å². The minimum atomic E-state index is 0.0205. The first-order chi connectivity index (χ1) is 12.2. The van der Waals surface area contributed by atoms with Gasteiger partial charge in [-0.3, -0.25) is 4.79 Å². The van der Waals surface area contributed by atoms with Crippen molar-refractivity contribution in [2.75, 3.05) is 16.0 Å². The van der Waals surface area contributed by atoms with Crippen LogP contribution in [0, 0.1) is 0 Å². The lowest BCUT2D eigenvalue weighted by atomic mass is 10.1. The highest BCUT2D eigenvalue weighted by molar-refractivity contribution is 9.10. The van der Waals surface area contributed by atoms with Gasteiger partial charge in [0.05, 0.1) is 17.4 Å². The third kappa shape index (κ3) is 3.64. The summed E-state index contributed by atoms with van der Waals surface area (Å²) in [5.41, 5.74) is 2.67. The summed E-state index contributed by atoms with van der Waals surface area (Å²) < 4.78 is 0.802. The molecule has 0 fully saturated rings. The molecule has 0 unspecified atom stereocenters. The van der Waals surface area contributed by atoms with E-state index in [4.69, 9.17) is 0 Å². The predicted molar refractivity (Wildman–Crippen MR) is 103 cm³/mol. The van der Waals surface area contributed by atoms with E-state index in [0.717, 1.165) is 27.2 Å². The Morgan fingerprint density at radius 2 is 2.24 bits per heavy atom. The first-order valence-corrected chi connectivity index (χ1v) is 9.33. The summed E-state index contributed by atoms with van der Waals surface area (Å²) in [6, 6.07) is 9.85. The predicted octanol–water partition coefficient (Wildman–Crippen LogP) is 4.15. The molecule has 0 saturated carbocycles. The molecule has 2 aromatic heterocycles. The van der Waals surface area contributed by atoms with Crippen molar-refractivity contribution < 1.29 is 4.79 Å². The quantitative estimate of drug-likeness (QED) is 0.583. The maximum absolute atomic E-state index is 11.5. The fraction of sp³-hybridized carbons (Fsp3) is 0.118. The van der Waals surface area contributed by atoms with Gasteiger partial charge in [-0.15, -0.1) is 11.3 Å². The Morgan fingerprint density at radius 1 is 1.32 bits per heavy atom. The van der Waals surface area contributed by atoms with E-state index >= 15 is 0 Å². The topological polar surface area (TPSA) is 78.9 Å². The molecule has 25 heavy (non-hydrogen) atoms. The number of fused-ring (bicyclic) bond motifs is 1. The number of nitrogens with one attached hydrogen (secondary N) is 3. The average Bonchev–Trinajstić information content (AvgIpc) is 3.23. The van der Waals surface area contributed by atoms with Crippen molar-refractivity contribution in [1.29, 1.82) is 0 Å². The number of carbonyl (C=O) groups excluding carboxylic acids is 1. The molecule has 1 aliphatic rings. The van der Waals surface area contributed by atoms with Crippen molar-refractivity contribution in [2.45, 2.75) is 13.0 Å². The number of benzene rings is 1. The number of hydrogen-bond donors (Lipinski definition) is 3. The summed E-state index contributed by atoms with van der Waals surface area (Å²) in [4.78, 5) is 21.5. The number of anilines is 4. The first kappa shape index (κ1) is 16.0. The van der Waals surface area contributed by atoms with E-state index in [1.807, 2.05) is 29.6 Å². The van der Waals surface area contributed by atoms with Gasteiger partial charge in [-0.25, -0.2) is 4.98 Å². The zero-order valence-electron chi connectivity index (χ0n) is 13.0. The number of carbonyl (C=O) groups is 1. The molecule has 0 bridgehead atoms. The van der Waals surface area contributed by atoms with Crippen LogP contribution >= 0.6 is 27.3 Å². The number of halogens is 1. The molecule has 0 aliphatic carbocycles. The Bertz CT molecular complexity index is 929. The monoisotopic (exact) mass is 415 g/mol. The molecule has 1 amide bonds. The number of nitrogens with zero attached hydrogens (tertiary/aromatic N) is 2. The Labute approximate surface area is 156 Å². The highest BCUT2D eigenvalue weighted by Gasteiger charge is 2.17. The summed E-state index contributed by atoms with van der Waals surface area (Å²) >= 11 is 5.16. The second kappa shape index (κ2) is 6.81. The van der Waals surface area contributed by atoms with Crippen molar-refractivity contribution in [3.63, 3.8) is 0 Å². The average molecular weight is 416 g/mol. The largest absolute Gasteiger partial charge is 0.364 e. The zero-order valence-corrected chi connectivity index (χ0v) is 15.4. The number of thiophene rings is 1. The second-order valence-electron chi connectivity index (χ2n) is 5.54. The molecular formula is C17H14BrN5OS. The van der Waals surface area contributed by atoms with Crippen LogP contribution in [0.15, 0.2) is 46.4 Å². The Morgan fingerprint density at radius 3 is 3.08 bits per heavy atom. The van der Waals surface area contributed by atoms with E-state index in [1.165, 1.54) is 4.88 Å². The summed E-state index contributed by atoms with van der Waals surface area (Å²) in [6.07, 6.45) is 2.14. The van der Waals surface area contributed by atoms with Gasteiger partial charge in [0.15, 0.2) is 0 Å². The molecule has 3 aromatic rings. The van der Waals surface area contributed by atoms with E-state index in [2.05, 4.69) is 47.9 Å². The molecule has 8 heteroatoms. The maximum Gasteiger partial charge on any atom is 0.229 e. The van der Waals surface area contributed by atoms with Crippen molar-refractivity contribution in [3.05, 3.63) is 56.8 Å². The van der Waals surface area contributed by atoms with Gasteiger partial charge in [-0.2, -0.15) is 4.98 Å². The summed E-state index contributed by atoms with van der Waals surface area (Å²) in [5.74, 6) is 1.23. The lowest BCUT2D eigenvalue weighted by Gasteiger charge is -2.10. The number of aromatic nitrogens is 2. The van der Waals surface area contributed by atoms with Crippen LogP contribution in [0.2, 0.25) is 0 Å². The molecule has 6 nitrogen and oxygen atoms in total. The maximum atomic E-state index is 11.5. The lowest BCUT2D eigenvalue weighted by Crippen LogP contribution is -2.05. The van der Waals surface area contributed by atoms with Crippen molar-refractivity contribution in [2.24, 2.45) is 0 Å². The number of rotatable bonds is 5. The molecule has 0 atom stereocenters. The molecule has 0 spiro atoms. The van der Waals surface area contributed by atoms with Gasteiger partial charge < -0.3 is 16.0 Å². The van der Waals surface area contributed by atoms with Crippen LogP contribution in [0.4, 0.5) is 23.1 Å². The van der Waals surface area contributed by atoms with Crippen LogP contribution in [0.5, 0.6) is 0 Å². The molecule has 0 radical (unpaired) electrons. The zero-order chi connectivity index (χ0) is 17.2. The Hall–Kier alpha value is -2.45. The normalized spacial score (nSPS) is 12.6. The molecular weight excluding hydrogens is 402 g/mol. The smallest absolute Gasteiger partial charge is 0.229 e. The van der Waals surface area contributed by atoms with Crippen molar-refractivity contribution >= 4 is 56.3 Å². The Kier molecular flexibility index (Phi) is 4.37. The fourth-order valence-corrected chi connectivity index (χ4v) is 3.53. The SMILES string of the molecule is O=C1Cc2ccc(Nc3ncc(Br)c(NCc4cccs4)n3)cc2N1. The second-order valence-corrected chi connectivity index (χ2v) is 7.43. The number of amides is 1. The van der Waals surface area contributed by atoms with E-state index in [-0.39, 0.29) is 5.91 Å². The highest BCUT2D eigenvalue weighted by Crippen LogP contribution is 2.28. The van der Waals surface area contributed by atoms with Gasteiger partial charge in [-0.05, 0) is 45.1 Å². The summed E-state index contributed by atoms with van der Waals surface area (Å²) in [7, 11) is 0. The Balaban J connectivity index is 1.50. The van der Waals surface area contributed by atoms with E-state index in [9.17, 15) is 4.79 Å². The van der Waals surface area contributed by atoms with Gasteiger partial charge in [0.2, 0.25) is 11.9 Å². The van der Waals surface area contributed by atoms with E-state index in [1.54, 1.807) is 17.5 Å². The molecule has 4 rings (SSSR count). The summed E-state index contributed by atoms with van der Waals surface area (Å²) in [5, 5.41) is 11.4. The minimum absolute atomic E-state index is 0.0205. The van der Waals surface area contributed by atoms with Crippen LogP contribution in [-0.4, -0.2) is 15.9 Å². The lowest BCUT2D eigenvalue weighted by molar-refractivity contribution is -0.115. The van der Waals surface area contributed by atoms with Crippen LogP contribution in [0.1, 0.15) is 10.4 Å². The van der Waals surface area contributed by atoms with Gasteiger partial charge in [0.1, 0.15) is 5.82 Å². The van der Waals surface area contributed by atoms with Crippen molar-refractivity contribution in [1.82, 2.24) is 9.97 Å². The van der Waals surface area contributed by atoms with Crippen LogP contribution < -0.4 is 16.0 Å². The van der Waals surface area contributed by atoms with Crippen LogP contribution in [-0.2, 0) is 17.8 Å². The highest BCUT2D eigenvalue weighted by atomic mass is 79.9. The van der Waals surface area contributed by atoms with Gasteiger partial charge in [0, 0.05) is 22.4 Å². The molecule has 3 heterocycles. The van der Waals surface area contributed by atoms with Gasteiger partial charge >= 0.3 is 0 Å². The molecule has 0 saturated heterocycles. The molecule has 1 aromatic carbocycles. The van der Waals surface area contributed by atoms with Crippen LogP contribution in [0.25, 0.3) is 0 Å². The fourth-order valence-electron chi connectivity index (χ4n) is 2.56. The van der Waals surface area contributed by atoms with Gasteiger partial charge in [0.25, 0.3) is 0 Å². The van der Waals surface area contributed by atoms with Crippen molar-refractivity contribution in [3.8, 4) is 0 Å². The number of hydrogen-bond acceptors (Lipinski definition) is 6. The van der Waals surface area contributed by atoms with E-state index in [0.29, 0.717) is 18.9 Å². The third-order valence-electron chi connectivity index (χ3n) is 3.75. The minimum Gasteiger partial charge on any atom is -0.364 e. The van der Waals surface area contributed by atoms with E-state index < -0.39 is 0 Å². The molecule has 126 valence electrons. The standard InChI is InChI=1S/C17H14BrN5OS/c18-13-9-20-17(23-16(13)19-8-12-2-1-5-25-12)21-11-4-3-10-6-15(24)22-14(10)7-11/h1-5,7,9H,6,8H2,(H,22,24)(H2,19,20,21,23). The first-order valence-electron chi connectivity index (χ1n) is 7.66.